The molecular formula is C32H41N3O7S4+2. The number of hydrogen-bond donors (Lipinski definition) is 2. The number of aryl methyl sites for hydroxylation is 1. The Hall–Kier alpha value is -2.72. The molecule has 0 radical (unpaired) electrons. The summed E-state index contributed by atoms with van der Waals surface area (Å²) in [6, 6.07) is 18.0. The summed E-state index contributed by atoms with van der Waals surface area (Å²) in [5.41, 5.74) is 1.87. The second kappa shape index (κ2) is 13.8. The highest BCUT2D eigenvalue weighted by molar-refractivity contribution is 8.04. The summed E-state index contributed by atoms with van der Waals surface area (Å²) >= 11 is 3.15. The van der Waals surface area contributed by atoms with E-state index in [-0.39, 0.29) is 23.1 Å². The molecule has 2 heterocycles. The molecule has 46 heavy (non-hydrogen) atoms. The van der Waals surface area contributed by atoms with Crippen LogP contribution in [-0.2, 0) is 26.8 Å². The maximum Gasteiger partial charge on any atom is 0.319 e. The van der Waals surface area contributed by atoms with E-state index in [2.05, 4.69) is 34.9 Å². The van der Waals surface area contributed by atoms with Crippen LogP contribution in [0.5, 0.6) is 5.75 Å². The Balaban J connectivity index is 1.64. The van der Waals surface area contributed by atoms with Gasteiger partial charge in [0.2, 0.25) is 10.9 Å². The zero-order valence-electron chi connectivity index (χ0n) is 26.4. The lowest BCUT2D eigenvalue weighted by atomic mass is 10.1. The molecule has 1 unspecified atom stereocenters. The lowest BCUT2D eigenvalue weighted by Gasteiger charge is -2.40. The fraction of sp³-hybridized carbons (Fsp3) is 0.406. The molecule has 14 heteroatoms. The van der Waals surface area contributed by atoms with Crippen molar-refractivity contribution in [3.05, 3.63) is 64.6 Å². The molecule has 0 saturated heterocycles. The van der Waals surface area contributed by atoms with Crippen molar-refractivity contribution in [2.45, 2.75) is 50.4 Å². The second-order valence-electron chi connectivity index (χ2n) is 11.4. The van der Waals surface area contributed by atoms with Crippen LogP contribution in [0.15, 0.2) is 64.5 Å². The lowest BCUT2D eigenvalue weighted by Crippen LogP contribution is -2.59. The third-order valence-electron chi connectivity index (χ3n) is 9.03. The monoisotopic (exact) mass is 707 g/mol. The van der Waals surface area contributed by atoms with E-state index in [0.29, 0.717) is 38.5 Å². The van der Waals surface area contributed by atoms with Crippen LogP contribution in [0.2, 0.25) is 0 Å². The molecule has 0 amide bonds. The fourth-order valence-corrected chi connectivity index (χ4v) is 10.7. The van der Waals surface area contributed by atoms with Crippen LogP contribution >= 0.6 is 23.1 Å². The average molecular weight is 708 g/mol. The number of aromatic nitrogens is 1. The minimum atomic E-state index is -4.36. The number of thiazole rings is 1. The van der Waals surface area contributed by atoms with Gasteiger partial charge in [0.1, 0.15) is 10.4 Å². The molecule has 4 aromatic rings. The zero-order chi connectivity index (χ0) is 33.3. The average Bonchev–Trinajstić information content (AvgIpc) is 3.55. The molecule has 0 aliphatic carbocycles. The van der Waals surface area contributed by atoms with Crippen molar-refractivity contribution >= 4 is 76.1 Å². The Morgan fingerprint density at radius 2 is 1.72 bits per heavy atom. The minimum Gasteiger partial charge on any atom is -0.497 e. The van der Waals surface area contributed by atoms with Gasteiger partial charge in [-0.1, -0.05) is 47.4 Å². The van der Waals surface area contributed by atoms with Crippen LogP contribution in [0.3, 0.4) is 0 Å². The second-order valence-corrected chi connectivity index (χ2v) is 16.6. The van der Waals surface area contributed by atoms with Crippen LogP contribution in [0.25, 0.3) is 27.1 Å². The van der Waals surface area contributed by atoms with Crippen molar-refractivity contribution in [3.8, 4) is 5.75 Å². The largest absolute Gasteiger partial charge is 0.497 e. The van der Waals surface area contributed by atoms with E-state index in [1.165, 1.54) is 0 Å². The van der Waals surface area contributed by atoms with Crippen molar-refractivity contribution in [3.63, 3.8) is 0 Å². The van der Waals surface area contributed by atoms with Gasteiger partial charge in [-0.05, 0) is 56.8 Å². The molecule has 1 aromatic heterocycles. The summed E-state index contributed by atoms with van der Waals surface area (Å²) in [5, 5.41) is 2.89. The number of benzene rings is 3. The molecule has 0 saturated carbocycles. The van der Waals surface area contributed by atoms with E-state index in [1.807, 2.05) is 56.0 Å². The highest BCUT2D eigenvalue weighted by Gasteiger charge is 2.43. The number of thioether (sulfide) groups is 1. The Morgan fingerprint density at radius 3 is 2.37 bits per heavy atom. The number of methoxy groups -OCH3 is 1. The van der Waals surface area contributed by atoms with E-state index in [4.69, 9.17) is 4.74 Å². The quantitative estimate of drug-likeness (QED) is 0.0920. The van der Waals surface area contributed by atoms with Crippen molar-refractivity contribution < 1.29 is 39.7 Å². The zero-order valence-corrected chi connectivity index (χ0v) is 29.7. The highest BCUT2D eigenvalue weighted by Crippen LogP contribution is 2.48. The van der Waals surface area contributed by atoms with Gasteiger partial charge in [-0.25, -0.2) is 0 Å². The maximum atomic E-state index is 12.9. The Morgan fingerprint density at radius 1 is 1.00 bits per heavy atom. The summed E-state index contributed by atoms with van der Waals surface area (Å²) in [6.07, 6.45) is 2.49. The predicted molar refractivity (Wildman–Crippen MR) is 187 cm³/mol. The Kier molecular flexibility index (Phi) is 10.4. The minimum absolute atomic E-state index is 0.214. The normalized spacial score (nSPS) is 15.6. The van der Waals surface area contributed by atoms with Crippen molar-refractivity contribution in [2.75, 3.05) is 43.9 Å². The first-order chi connectivity index (χ1) is 21.8. The summed E-state index contributed by atoms with van der Waals surface area (Å²) in [6.45, 7) is 8.30. The van der Waals surface area contributed by atoms with E-state index in [1.54, 1.807) is 30.2 Å². The first-order valence-electron chi connectivity index (χ1n) is 15.3. The molecule has 2 N–H and O–H groups in total. The van der Waals surface area contributed by atoms with Crippen LogP contribution in [0, 0.1) is 0 Å². The van der Waals surface area contributed by atoms with Gasteiger partial charge in [-0.15, -0.1) is 0 Å². The van der Waals surface area contributed by atoms with Crippen LogP contribution in [0.4, 0.5) is 5.69 Å². The Labute approximate surface area is 279 Å². The molecule has 0 spiro atoms. The molecule has 248 valence electrons. The summed E-state index contributed by atoms with van der Waals surface area (Å²) in [5.74, 6) is 0.309. The van der Waals surface area contributed by atoms with Crippen LogP contribution in [0.1, 0.15) is 38.6 Å². The van der Waals surface area contributed by atoms with E-state index < -0.39 is 25.6 Å². The van der Waals surface area contributed by atoms with Crippen molar-refractivity contribution in [1.29, 1.82) is 0 Å². The maximum absolute atomic E-state index is 12.9. The van der Waals surface area contributed by atoms with Gasteiger partial charge in [-0.3, -0.25) is 9.11 Å². The number of hydrogen-bond acceptors (Lipinski definition) is 8. The SMILES string of the molecule is CC[N+](CC)(CC)C(CC[n+]1c(C=C2Sc3ccc(OC)cc3N2CCCS(=O)(=O)O)sc2ccc3ccccc3c21)S(=O)(=O)O. The molecular weight excluding hydrogens is 667 g/mol. The van der Waals surface area contributed by atoms with Gasteiger partial charge in [0.25, 0.3) is 15.1 Å². The van der Waals surface area contributed by atoms with Crippen LogP contribution in [-0.4, -0.2) is 74.8 Å². The molecule has 10 nitrogen and oxygen atoms in total. The fourth-order valence-electron chi connectivity index (χ4n) is 6.49. The van der Waals surface area contributed by atoms with Gasteiger partial charge < -0.3 is 14.1 Å². The number of rotatable bonds is 14. The lowest BCUT2D eigenvalue weighted by molar-refractivity contribution is -0.936. The number of quaternary nitrogens is 1. The van der Waals surface area contributed by atoms with Gasteiger partial charge in [0.15, 0.2) is 6.54 Å². The van der Waals surface area contributed by atoms with Gasteiger partial charge >= 0.3 is 10.1 Å². The van der Waals surface area contributed by atoms with E-state index >= 15 is 0 Å². The topological polar surface area (TPSA) is 125 Å². The van der Waals surface area contributed by atoms with Gasteiger partial charge in [0.05, 0.1) is 61.1 Å². The van der Waals surface area contributed by atoms with Crippen LogP contribution < -0.4 is 14.2 Å². The number of anilines is 1. The summed E-state index contributed by atoms with van der Waals surface area (Å²) in [4.78, 5) is 3.02. The predicted octanol–water partition coefficient (Wildman–Crippen LogP) is 6.02. The number of ether oxygens (including phenoxy) is 1. The molecule has 3 aromatic carbocycles. The summed E-state index contributed by atoms with van der Waals surface area (Å²) < 4.78 is 77.7. The van der Waals surface area contributed by atoms with E-state index in [0.717, 1.165) is 41.6 Å². The van der Waals surface area contributed by atoms with E-state index in [9.17, 15) is 25.9 Å². The highest BCUT2D eigenvalue weighted by atomic mass is 32.2. The summed E-state index contributed by atoms with van der Waals surface area (Å²) in [7, 11) is -6.89. The molecule has 1 atom stereocenters. The van der Waals surface area contributed by atoms with Gasteiger partial charge in [0, 0.05) is 17.5 Å². The third-order valence-corrected chi connectivity index (χ3v) is 13.4. The van der Waals surface area contributed by atoms with Crippen molar-refractivity contribution in [2.24, 2.45) is 0 Å². The standard InChI is InChI=1S/C32H39N3O7S4/c1-5-35(6-2,7-3)31(46(39,40)41)17-19-34-30(44-28-15-13-23-11-8-9-12-25(23)32(28)34)22-29-33(18-10-20-45(36,37)38)26-21-24(42-4)14-16-27(26)43-29/h8-9,11-16,21-22,31H,5-7,10,17-20H2,1-4H3/p+2. The number of nitrogens with zero attached hydrogens (tertiary/aromatic N) is 3. The first-order valence-corrected chi connectivity index (χ1v) is 20.0. The van der Waals surface area contributed by atoms with Gasteiger partial charge in [-0.2, -0.15) is 21.4 Å². The molecule has 0 bridgehead atoms. The third kappa shape index (κ3) is 7.08. The van der Waals surface area contributed by atoms with Crippen molar-refractivity contribution in [1.82, 2.24) is 0 Å². The molecule has 1 aliphatic heterocycles. The number of fused-ring (bicyclic) bond motifs is 4. The molecule has 0 fully saturated rings. The Bertz CT molecular complexity index is 1980. The smallest absolute Gasteiger partial charge is 0.319 e. The molecule has 5 rings (SSSR count). The molecule has 1 aliphatic rings. The first kappa shape index (κ1) is 34.6.